The van der Waals surface area contributed by atoms with Crippen LogP contribution in [0.4, 0.5) is 0 Å². The second-order valence-electron chi connectivity index (χ2n) is 5.86. The zero-order chi connectivity index (χ0) is 14.1. The number of hydrogen-bond acceptors (Lipinski definition) is 4. The summed E-state index contributed by atoms with van der Waals surface area (Å²) in [6.07, 6.45) is 6.33. The summed E-state index contributed by atoms with van der Waals surface area (Å²) in [5.41, 5.74) is 2.14. The standard InChI is InChI=1S/C15H22N4O/c1-11(2)19-15-13(9-17-19)7-12(8-16-15)10-18(5-6-20)14-3-4-14/h7-9,11,14,20H,3-6,10H2,1-2H3. The summed E-state index contributed by atoms with van der Waals surface area (Å²) in [6, 6.07) is 3.14. The van der Waals surface area contributed by atoms with Gasteiger partial charge < -0.3 is 5.11 Å². The normalized spacial score (nSPS) is 15.7. The molecule has 5 heteroatoms. The smallest absolute Gasteiger partial charge is 0.157 e. The number of rotatable bonds is 6. The van der Waals surface area contributed by atoms with Gasteiger partial charge in [-0.1, -0.05) is 0 Å². The van der Waals surface area contributed by atoms with Crippen molar-refractivity contribution >= 4 is 11.0 Å². The molecule has 0 bridgehead atoms. The van der Waals surface area contributed by atoms with Gasteiger partial charge >= 0.3 is 0 Å². The summed E-state index contributed by atoms with van der Waals surface area (Å²) in [5, 5.41) is 14.6. The molecule has 0 amide bonds. The average Bonchev–Trinajstić information content (AvgIpc) is 3.17. The number of aromatic nitrogens is 3. The molecule has 0 radical (unpaired) electrons. The van der Waals surface area contributed by atoms with Gasteiger partial charge in [0.25, 0.3) is 0 Å². The van der Waals surface area contributed by atoms with Gasteiger partial charge in [0.05, 0.1) is 12.8 Å². The molecule has 0 atom stereocenters. The minimum absolute atomic E-state index is 0.220. The van der Waals surface area contributed by atoms with E-state index in [-0.39, 0.29) is 6.61 Å². The molecule has 1 aliphatic carbocycles. The first kappa shape index (κ1) is 13.5. The zero-order valence-corrected chi connectivity index (χ0v) is 12.2. The Morgan fingerprint density at radius 1 is 1.40 bits per heavy atom. The van der Waals surface area contributed by atoms with Gasteiger partial charge in [0.2, 0.25) is 0 Å². The fourth-order valence-corrected chi connectivity index (χ4v) is 2.64. The van der Waals surface area contributed by atoms with Gasteiger partial charge in [-0.05, 0) is 38.3 Å². The van der Waals surface area contributed by atoms with Crippen LogP contribution in [0.1, 0.15) is 38.3 Å². The monoisotopic (exact) mass is 274 g/mol. The van der Waals surface area contributed by atoms with E-state index in [1.165, 1.54) is 18.4 Å². The van der Waals surface area contributed by atoms with Crippen LogP contribution >= 0.6 is 0 Å². The minimum atomic E-state index is 0.220. The van der Waals surface area contributed by atoms with Gasteiger partial charge in [-0.15, -0.1) is 0 Å². The third-order valence-corrected chi connectivity index (χ3v) is 3.82. The Morgan fingerprint density at radius 2 is 2.20 bits per heavy atom. The first-order valence-electron chi connectivity index (χ1n) is 7.36. The Balaban J connectivity index is 1.81. The lowest BCUT2D eigenvalue weighted by Gasteiger charge is -2.20. The summed E-state index contributed by atoms with van der Waals surface area (Å²) in [5.74, 6) is 0. The van der Waals surface area contributed by atoms with E-state index in [1.54, 1.807) is 0 Å². The number of aliphatic hydroxyl groups excluding tert-OH is 1. The molecule has 2 heterocycles. The van der Waals surface area contributed by atoms with Gasteiger partial charge in [-0.2, -0.15) is 5.10 Å². The fraction of sp³-hybridized carbons (Fsp3) is 0.600. The zero-order valence-electron chi connectivity index (χ0n) is 12.2. The molecule has 3 rings (SSSR count). The van der Waals surface area contributed by atoms with Crippen molar-refractivity contribution in [1.29, 1.82) is 0 Å². The van der Waals surface area contributed by atoms with Crippen LogP contribution in [0.2, 0.25) is 0 Å². The maximum Gasteiger partial charge on any atom is 0.157 e. The van der Waals surface area contributed by atoms with Gasteiger partial charge in [0.15, 0.2) is 5.65 Å². The molecule has 108 valence electrons. The van der Waals surface area contributed by atoms with E-state index in [9.17, 15) is 0 Å². The van der Waals surface area contributed by atoms with E-state index >= 15 is 0 Å². The molecule has 1 saturated carbocycles. The molecule has 0 spiro atoms. The second-order valence-corrected chi connectivity index (χ2v) is 5.86. The van der Waals surface area contributed by atoms with Crippen LogP contribution in [0.5, 0.6) is 0 Å². The highest BCUT2D eigenvalue weighted by atomic mass is 16.3. The van der Waals surface area contributed by atoms with Crippen LogP contribution in [0.25, 0.3) is 11.0 Å². The Bertz CT molecular complexity index is 589. The van der Waals surface area contributed by atoms with Crippen molar-refractivity contribution in [3.05, 3.63) is 24.0 Å². The number of nitrogens with zero attached hydrogens (tertiary/aromatic N) is 4. The molecular formula is C15H22N4O. The van der Waals surface area contributed by atoms with E-state index in [1.807, 2.05) is 17.1 Å². The van der Waals surface area contributed by atoms with Crippen molar-refractivity contribution in [2.45, 2.75) is 45.3 Å². The van der Waals surface area contributed by atoms with Gasteiger partial charge in [-0.25, -0.2) is 9.67 Å². The Morgan fingerprint density at radius 3 is 2.85 bits per heavy atom. The van der Waals surface area contributed by atoms with E-state index in [0.29, 0.717) is 12.1 Å². The van der Waals surface area contributed by atoms with Crippen LogP contribution in [-0.2, 0) is 6.54 Å². The first-order chi connectivity index (χ1) is 9.69. The van der Waals surface area contributed by atoms with Crippen molar-refractivity contribution in [2.24, 2.45) is 0 Å². The average molecular weight is 274 g/mol. The largest absolute Gasteiger partial charge is 0.395 e. The predicted molar refractivity (Wildman–Crippen MR) is 78.4 cm³/mol. The van der Waals surface area contributed by atoms with Crippen molar-refractivity contribution in [3.63, 3.8) is 0 Å². The summed E-state index contributed by atoms with van der Waals surface area (Å²) < 4.78 is 1.95. The van der Waals surface area contributed by atoms with Crippen molar-refractivity contribution in [1.82, 2.24) is 19.7 Å². The maximum absolute atomic E-state index is 9.16. The number of aliphatic hydroxyl groups is 1. The lowest BCUT2D eigenvalue weighted by atomic mass is 10.2. The number of fused-ring (bicyclic) bond motifs is 1. The van der Waals surface area contributed by atoms with Crippen LogP contribution < -0.4 is 0 Å². The molecule has 1 fully saturated rings. The highest BCUT2D eigenvalue weighted by Crippen LogP contribution is 2.28. The Hall–Kier alpha value is -1.46. The molecule has 0 unspecified atom stereocenters. The quantitative estimate of drug-likeness (QED) is 0.875. The summed E-state index contributed by atoms with van der Waals surface area (Å²) in [4.78, 5) is 6.91. The molecular weight excluding hydrogens is 252 g/mol. The SMILES string of the molecule is CC(C)n1ncc2cc(CN(CCO)C3CC3)cnc21. The van der Waals surface area contributed by atoms with E-state index < -0.39 is 0 Å². The Kier molecular flexibility index (Phi) is 3.72. The van der Waals surface area contributed by atoms with Crippen LogP contribution in [-0.4, -0.2) is 44.0 Å². The topological polar surface area (TPSA) is 54.2 Å². The highest BCUT2D eigenvalue weighted by molar-refractivity contribution is 5.75. The van der Waals surface area contributed by atoms with Gasteiger partial charge in [-0.3, -0.25) is 4.90 Å². The predicted octanol–water partition coefficient (Wildman–Crippen LogP) is 1.97. The molecule has 2 aromatic heterocycles. The summed E-state index contributed by atoms with van der Waals surface area (Å²) >= 11 is 0. The third kappa shape index (κ3) is 2.69. The van der Waals surface area contributed by atoms with Gasteiger partial charge in [0, 0.05) is 36.8 Å². The molecule has 20 heavy (non-hydrogen) atoms. The summed E-state index contributed by atoms with van der Waals surface area (Å²) in [6.45, 7) is 6.04. The maximum atomic E-state index is 9.16. The highest BCUT2D eigenvalue weighted by Gasteiger charge is 2.28. The van der Waals surface area contributed by atoms with Crippen molar-refractivity contribution in [2.75, 3.05) is 13.2 Å². The third-order valence-electron chi connectivity index (χ3n) is 3.82. The van der Waals surface area contributed by atoms with Crippen LogP contribution in [0, 0.1) is 0 Å². The molecule has 0 aliphatic heterocycles. The molecule has 1 aliphatic rings. The molecule has 5 nitrogen and oxygen atoms in total. The molecule has 2 aromatic rings. The van der Waals surface area contributed by atoms with Gasteiger partial charge in [0.1, 0.15) is 0 Å². The number of pyridine rings is 1. The Labute approximate surface area is 119 Å². The van der Waals surface area contributed by atoms with E-state index in [0.717, 1.165) is 24.1 Å². The van der Waals surface area contributed by atoms with E-state index in [2.05, 4.69) is 34.9 Å². The first-order valence-corrected chi connectivity index (χ1v) is 7.36. The van der Waals surface area contributed by atoms with Crippen LogP contribution in [0.15, 0.2) is 18.5 Å². The lowest BCUT2D eigenvalue weighted by molar-refractivity contribution is 0.183. The van der Waals surface area contributed by atoms with E-state index in [4.69, 9.17) is 5.11 Å². The van der Waals surface area contributed by atoms with Crippen molar-refractivity contribution < 1.29 is 5.11 Å². The molecule has 1 N–H and O–H groups in total. The molecule has 0 saturated heterocycles. The minimum Gasteiger partial charge on any atom is -0.395 e. The fourth-order valence-electron chi connectivity index (χ4n) is 2.64. The summed E-state index contributed by atoms with van der Waals surface area (Å²) in [7, 11) is 0. The van der Waals surface area contributed by atoms with Crippen LogP contribution in [0.3, 0.4) is 0 Å². The number of hydrogen-bond donors (Lipinski definition) is 1. The second kappa shape index (κ2) is 5.50. The van der Waals surface area contributed by atoms with Crippen molar-refractivity contribution in [3.8, 4) is 0 Å². The molecule has 0 aromatic carbocycles. The lowest BCUT2D eigenvalue weighted by Crippen LogP contribution is -2.28.